The Labute approximate surface area is 475 Å². The molecule has 0 heterocycles. The summed E-state index contributed by atoms with van der Waals surface area (Å²) in [6.07, 6.45) is 85.9. The van der Waals surface area contributed by atoms with E-state index in [4.69, 9.17) is 9.05 Å². The van der Waals surface area contributed by atoms with E-state index < -0.39 is 26.6 Å². The minimum atomic E-state index is -4.61. The number of carbonyl (C=O) groups is 1. The van der Waals surface area contributed by atoms with Crippen LogP contribution in [-0.4, -0.2) is 68.5 Å². The fourth-order valence-corrected chi connectivity index (χ4v) is 9.26. The van der Waals surface area contributed by atoms with Gasteiger partial charge in [0.05, 0.1) is 39.9 Å². The fourth-order valence-electron chi connectivity index (χ4n) is 8.54. The van der Waals surface area contributed by atoms with Crippen LogP contribution in [0.4, 0.5) is 0 Å². The third-order valence-corrected chi connectivity index (χ3v) is 14.4. The Morgan fingerprint density at radius 1 is 0.468 bits per heavy atom. The van der Waals surface area contributed by atoms with Crippen molar-refractivity contribution in [3.63, 3.8) is 0 Å². The smallest absolute Gasteiger partial charge is 0.268 e. The van der Waals surface area contributed by atoms with Crippen LogP contribution in [0.5, 0.6) is 0 Å². The molecule has 0 rings (SSSR count). The number of hydrogen-bond acceptors (Lipinski definition) is 6. The van der Waals surface area contributed by atoms with E-state index in [0.717, 1.165) is 89.9 Å². The van der Waals surface area contributed by atoms with Crippen molar-refractivity contribution in [1.82, 2.24) is 5.32 Å². The van der Waals surface area contributed by atoms with Crippen LogP contribution in [0.3, 0.4) is 0 Å². The Kier molecular flexibility index (Phi) is 55.3. The van der Waals surface area contributed by atoms with E-state index in [2.05, 4.69) is 129 Å². The van der Waals surface area contributed by atoms with E-state index >= 15 is 0 Å². The minimum Gasteiger partial charge on any atom is -0.756 e. The number of aliphatic hydroxyl groups is 1. The molecule has 3 unspecified atom stereocenters. The highest BCUT2D eigenvalue weighted by Crippen LogP contribution is 2.38. The van der Waals surface area contributed by atoms with Crippen LogP contribution in [0.2, 0.25) is 0 Å². The Morgan fingerprint density at radius 3 is 1.21 bits per heavy atom. The van der Waals surface area contributed by atoms with E-state index in [0.29, 0.717) is 17.4 Å². The first-order valence-corrected chi connectivity index (χ1v) is 32.9. The van der Waals surface area contributed by atoms with E-state index in [9.17, 15) is 19.4 Å². The summed E-state index contributed by atoms with van der Waals surface area (Å²) in [6, 6.07) is -0.908. The number of hydrogen-bond donors (Lipinski definition) is 2. The van der Waals surface area contributed by atoms with Crippen molar-refractivity contribution in [3.8, 4) is 0 Å². The van der Waals surface area contributed by atoms with Crippen LogP contribution in [0.25, 0.3) is 0 Å². The summed E-state index contributed by atoms with van der Waals surface area (Å²) in [5, 5.41) is 13.8. The number of rotatable bonds is 56. The predicted molar refractivity (Wildman–Crippen MR) is 334 cm³/mol. The molecule has 0 saturated carbocycles. The Morgan fingerprint density at radius 2 is 0.805 bits per heavy atom. The lowest BCUT2D eigenvalue weighted by atomic mass is 10.0. The van der Waals surface area contributed by atoms with E-state index in [1.807, 2.05) is 27.2 Å². The normalized spacial score (nSPS) is 14.6. The average Bonchev–Trinajstić information content (AvgIpc) is 3.39. The molecule has 77 heavy (non-hydrogen) atoms. The van der Waals surface area contributed by atoms with Crippen molar-refractivity contribution < 1.29 is 32.9 Å². The monoisotopic (exact) mass is 1090 g/mol. The van der Waals surface area contributed by atoms with Crippen LogP contribution < -0.4 is 10.2 Å². The second-order valence-corrected chi connectivity index (χ2v) is 23.4. The summed E-state index contributed by atoms with van der Waals surface area (Å²) >= 11 is 0. The van der Waals surface area contributed by atoms with Crippen molar-refractivity contribution in [2.24, 2.45) is 0 Å². The van der Waals surface area contributed by atoms with Crippen LogP contribution in [-0.2, 0) is 18.4 Å². The van der Waals surface area contributed by atoms with Gasteiger partial charge in [-0.1, -0.05) is 270 Å². The quantitative estimate of drug-likeness (QED) is 0.0272. The van der Waals surface area contributed by atoms with Gasteiger partial charge in [-0.2, -0.15) is 0 Å². The molecule has 2 N–H and O–H groups in total. The molecule has 0 aromatic heterocycles. The number of allylic oxidation sites excluding steroid dienone is 19. The van der Waals surface area contributed by atoms with Gasteiger partial charge in [-0.15, -0.1) is 0 Å². The number of nitrogens with one attached hydrogen (secondary N) is 1. The van der Waals surface area contributed by atoms with Crippen LogP contribution in [0, 0.1) is 0 Å². The van der Waals surface area contributed by atoms with Gasteiger partial charge in [0.2, 0.25) is 5.91 Å². The molecule has 0 saturated heterocycles. The van der Waals surface area contributed by atoms with Crippen molar-refractivity contribution >= 4 is 13.7 Å². The lowest BCUT2D eigenvalue weighted by Crippen LogP contribution is -2.45. The van der Waals surface area contributed by atoms with Gasteiger partial charge in [0, 0.05) is 6.42 Å². The first-order chi connectivity index (χ1) is 37.5. The highest BCUT2D eigenvalue weighted by Gasteiger charge is 2.23. The predicted octanol–water partition coefficient (Wildman–Crippen LogP) is 19.1. The number of carbonyl (C=O) groups excluding carboxylic acids is 1. The first kappa shape index (κ1) is 73.9. The third-order valence-electron chi connectivity index (χ3n) is 13.4. The summed E-state index contributed by atoms with van der Waals surface area (Å²) in [5.74, 6) is -0.210. The number of likely N-dealkylation sites (N-methyl/N-ethyl adjacent to an activating group) is 1. The number of phosphoric ester groups is 1. The molecular weight excluding hydrogens is 972 g/mol. The number of quaternary nitrogens is 1. The highest BCUT2D eigenvalue weighted by atomic mass is 31.2. The van der Waals surface area contributed by atoms with Crippen molar-refractivity contribution in [3.05, 3.63) is 122 Å². The Bertz CT molecular complexity index is 1670. The molecule has 8 nitrogen and oxygen atoms in total. The number of nitrogens with zero attached hydrogens (tertiary/aromatic N) is 1. The second-order valence-electron chi connectivity index (χ2n) is 22.0. The fraction of sp³-hybridized carbons (Fsp3) is 0.691. The van der Waals surface area contributed by atoms with Crippen molar-refractivity contribution in [2.45, 2.75) is 264 Å². The van der Waals surface area contributed by atoms with Crippen LogP contribution >= 0.6 is 7.82 Å². The molecule has 0 aromatic carbocycles. The molecule has 0 aromatic rings. The summed E-state index contributed by atoms with van der Waals surface area (Å²) in [6.45, 7) is 4.50. The van der Waals surface area contributed by atoms with E-state index in [1.165, 1.54) is 141 Å². The number of amides is 1. The largest absolute Gasteiger partial charge is 0.756 e. The maximum absolute atomic E-state index is 13.0. The maximum Gasteiger partial charge on any atom is 0.268 e. The molecule has 0 aliphatic heterocycles. The Balaban J connectivity index is 4.01. The zero-order valence-corrected chi connectivity index (χ0v) is 51.3. The SMILES string of the molecule is CC/C=C\C/C=C\C/C=C\C/C=C\C/C=C\C/C=C\C/C=C\C/C=C\CCCCCCCCCCCCCCCCCCC(=O)NC(COP(=O)([O-])OCC[N+](C)(C)C)C(O)/C=C/CC/C=C/CCCCCCCCCC. The van der Waals surface area contributed by atoms with Crippen molar-refractivity contribution in [1.29, 1.82) is 0 Å². The van der Waals surface area contributed by atoms with Crippen LogP contribution in [0.1, 0.15) is 251 Å². The summed E-state index contributed by atoms with van der Waals surface area (Å²) < 4.78 is 23.3. The number of unbranched alkanes of at least 4 members (excludes halogenated alkanes) is 25. The number of phosphoric acid groups is 1. The van der Waals surface area contributed by atoms with Gasteiger partial charge in [-0.05, 0) is 96.3 Å². The molecular formula is C68H119N2O6P. The standard InChI is InChI=1S/C68H119N2O6P/c1-6-8-10-12-14-16-18-20-22-23-24-25-26-27-28-29-30-31-32-33-34-35-36-37-38-39-40-41-42-43-44-45-46-47-48-50-52-54-56-58-60-62-68(72)69-66(65-76-77(73,74)75-64-63-70(3,4)5)67(71)61-59-57-55-53-51-49-21-19-17-15-13-11-9-7-2/h8,10,14,16,20,22,24-25,27-28,30-31,33-34,36-37,51,53,59,61,66-67,71H,6-7,9,11-13,15,17-19,21,23,26,29,32,35,38-50,52,54-58,60,62-65H2,1-5H3,(H-,69,72,73,74)/b10-8-,16-14-,22-20-,25-24-,28-27-,31-30-,34-33-,37-36-,53-51+,61-59+. The topological polar surface area (TPSA) is 108 Å². The molecule has 9 heteroatoms. The molecule has 3 atom stereocenters. The summed E-state index contributed by atoms with van der Waals surface area (Å²) in [5.41, 5.74) is 0. The molecule has 0 aliphatic rings. The van der Waals surface area contributed by atoms with Crippen molar-refractivity contribution in [2.75, 3.05) is 40.9 Å². The molecule has 442 valence electrons. The zero-order valence-electron chi connectivity index (χ0n) is 50.4. The lowest BCUT2D eigenvalue weighted by Gasteiger charge is -2.29. The van der Waals surface area contributed by atoms with Gasteiger partial charge in [-0.3, -0.25) is 9.36 Å². The highest BCUT2D eigenvalue weighted by molar-refractivity contribution is 7.45. The lowest BCUT2D eigenvalue weighted by molar-refractivity contribution is -0.870. The van der Waals surface area contributed by atoms with Gasteiger partial charge in [0.15, 0.2) is 0 Å². The zero-order chi connectivity index (χ0) is 56.3. The van der Waals surface area contributed by atoms with E-state index in [1.54, 1.807) is 6.08 Å². The van der Waals surface area contributed by atoms with Gasteiger partial charge in [0.25, 0.3) is 7.82 Å². The Hall–Kier alpha value is -3.10. The molecule has 0 aliphatic carbocycles. The second kappa shape index (κ2) is 57.6. The third kappa shape index (κ3) is 60.4. The average molecular weight is 1090 g/mol. The molecule has 1 amide bonds. The van der Waals surface area contributed by atoms with E-state index in [-0.39, 0.29) is 12.5 Å². The van der Waals surface area contributed by atoms with Gasteiger partial charge in [-0.25, -0.2) is 0 Å². The van der Waals surface area contributed by atoms with Gasteiger partial charge < -0.3 is 28.8 Å². The molecule has 0 bridgehead atoms. The first-order valence-electron chi connectivity index (χ1n) is 31.4. The molecule has 0 spiro atoms. The summed E-state index contributed by atoms with van der Waals surface area (Å²) in [7, 11) is 1.24. The maximum atomic E-state index is 13.0. The molecule has 0 fully saturated rings. The minimum absolute atomic E-state index is 0.00998. The number of aliphatic hydroxyl groups excluding tert-OH is 1. The molecule has 0 radical (unpaired) electrons. The van der Waals surface area contributed by atoms with Gasteiger partial charge >= 0.3 is 0 Å². The summed E-state index contributed by atoms with van der Waals surface area (Å²) in [4.78, 5) is 25.5. The van der Waals surface area contributed by atoms with Crippen LogP contribution in [0.15, 0.2) is 122 Å². The van der Waals surface area contributed by atoms with Gasteiger partial charge in [0.1, 0.15) is 13.2 Å².